The molecule has 136 valence electrons. The number of guanidine groups is 1. The highest BCUT2D eigenvalue weighted by molar-refractivity contribution is 14.0. The molecule has 1 aliphatic heterocycles. The fourth-order valence-electron chi connectivity index (χ4n) is 2.52. The molecule has 6 heteroatoms. The molecule has 1 aliphatic rings. The second-order valence-electron chi connectivity index (χ2n) is 6.59. The van der Waals surface area contributed by atoms with Gasteiger partial charge < -0.3 is 15.5 Å². The largest absolute Gasteiger partial charge is 0.357 e. The Morgan fingerprint density at radius 2 is 1.96 bits per heavy atom. The Morgan fingerprint density at radius 3 is 2.50 bits per heavy atom. The van der Waals surface area contributed by atoms with E-state index < -0.39 is 0 Å². The SMILES string of the molecule is CCNC(=NCc1ccc(N2CCCC2)nc1)NC(C)C(C)C.I. The Bertz CT molecular complexity index is 495. The molecule has 1 atom stereocenters. The quantitative estimate of drug-likeness (QED) is 0.401. The molecule has 1 fully saturated rings. The van der Waals surface area contributed by atoms with Crippen LogP contribution in [0.3, 0.4) is 0 Å². The van der Waals surface area contributed by atoms with Crippen LogP contribution in [0.2, 0.25) is 0 Å². The van der Waals surface area contributed by atoms with Gasteiger partial charge in [-0.25, -0.2) is 9.98 Å². The summed E-state index contributed by atoms with van der Waals surface area (Å²) in [6.45, 7) is 12.5. The van der Waals surface area contributed by atoms with E-state index in [4.69, 9.17) is 0 Å². The second kappa shape index (κ2) is 10.7. The number of nitrogens with one attached hydrogen (secondary N) is 2. The zero-order chi connectivity index (χ0) is 16.7. The molecule has 5 nitrogen and oxygen atoms in total. The van der Waals surface area contributed by atoms with Crippen LogP contribution < -0.4 is 15.5 Å². The maximum absolute atomic E-state index is 4.67. The molecule has 1 unspecified atom stereocenters. The number of aliphatic imine (C=N–C) groups is 1. The lowest BCUT2D eigenvalue weighted by molar-refractivity contribution is 0.481. The van der Waals surface area contributed by atoms with Gasteiger partial charge in [0, 0.05) is 31.9 Å². The van der Waals surface area contributed by atoms with Crippen LogP contribution in [0.25, 0.3) is 0 Å². The smallest absolute Gasteiger partial charge is 0.191 e. The summed E-state index contributed by atoms with van der Waals surface area (Å²) in [6.07, 6.45) is 4.51. The van der Waals surface area contributed by atoms with Gasteiger partial charge >= 0.3 is 0 Å². The molecule has 0 radical (unpaired) electrons. The molecule has 0 spiro atoms. The molecule has 1 saturated heterocycles. The Hall–Kier alpha value is -1.05. The maximum Gasteiger partial charge on any atom is 0.191 e. The van der Waals surface area contributed by atoms with Gasteiger partial charge in [0.1, 0.15) is 5.82 Å². The van der Waals surface area contributed by atoms with Crippen LogP contribution in [-0.2, 0) is 6.54 Å². The minimum atomic E-state index is 0. The number of hydrogen-bond donors (Lipinski definition) is 2. The Labute approximate surface area is 163 Å². The van der Waals surface area contributed by atoms with Gasteiger partial charge in [0.05, 0.1) is 6.54 Å². The maximum atomic E-state index is 4.67. The summed E-state index contributed by atoms with van der Waals surface area (Å²) in [4.78, 5) is 11.6. The summed E-state index contributed by atoms with van der Waals surface area (Å²) < 4.78 is 0. The van der Waals surface area contributed by atoms with Gasteiger partial charge in [-0.05, 0) is 44.2 Å². The highest BCUT2D eigenvalue weighted by Gasteiger charge is 2.13. The summed E-state index contributed by atoms with van der Waals surface area (Å²) in [7, 11) is 0. The van der Waals surface area contributed by atoms with Crippen LogP contribution in [0, 0.1) is 5.92 Å². The van der Waals surface area contributed by atoms with E-state index in [2.05, 4.69) is 65.3 Å². The third-order valence-electron chi connectivity index (χ3n) is 4.37. The molecule has 1 aromatic heterocycles. The number of pyridine rings is 1. The lowest BCUT2D eigenvalue weighted by Crippen LogP contribution is -2.44. The monoisotopic (exact) mass is 445 g/mol. The molecule has 0 aromatic carbocycles. The summed E-state index contributed by atoms with van der Waals surface area (Å²) in [5.41, 5.74) is 1.14. The van der Waals surface area contributed by atoms with Gasteiger partial charge in [-0.3, -0.25) is 0 Å². The summed E-state index contributed by atoms with van der Waals surface area (Å²) in [5.74, 6) is 2.53. The van der Waals surface area contributed by atoms with Crippen molar-refractivity contribution in [2.45, 2.75) is 53.1 Å². The van der Waals surface area contributed by atoms with Crippen molar-refractivity contribution >= 4 is 35.8 Å². The van der Waals surface area contributed by atoms with E-state index in [-0.39, 0.29) is 24.0 Å². The Kier molecular flexibility index (Phi) is 9.39. The average molecular weight is 445 g/mol. The molecular weight excluding hydrogens is 413 g/mol. The minimum Gasteiger partial charge on any atom is -0.357 e. The molecule has 0 bridgehead atoms. The molecule has 2 N–H and O–H groups in total. The lowest BCUT2D eigenvalue weighted by atomic mass is 10.1. The van der Waals surface area contributed by atoms with Crippen molar-refractivity contribution < 1.29 is 0 Å². The van der Waals surface area contributed by atoms with Gasteiger partial charge in [-0.2, -0.15) is 0 Å². The van der Waals surface area contributed by atoms with Crippen molar-refractivity contribution in [2.75, 3.05) is 24.5 Å². The van der Waals surface area contributed by atoms with E-state index in [1.165, 1.54) is 12.8 Å². The number of hydrogen-bond acceptors (Lipinski definition) is 3. The number of nitrogens with zero attached hydrogens (tertiary/aromatic N) is 3. The summed E-state index contributed by atoms with van der Waals surface area (Å²) in [6, 6.07) is 4.65. The Morgan fingerprint density at radius 1 is 1.25 bits per heavy atom. The third-order valence-corrected chi connectivity index (χ3v) is 4.37. The highest BCUT2D eigenvalue weighted by atomic mass is 127. The first-order chi connectivity index (χ1) is 11.1. The number of halogens is 1. The van der Waals surface area contributed by atoms with Crippen molar-refractivity contribution in [1.82, 2.24) is 15.6 Å². The van der Waals surface area contributed by atoms with Crippen molar-refractivity contribution in [3.63, 3.8) is 0 Å². The molecular formula is C18H32IN5. The first-order valence-corrected chi connectivity index (χ1v) is 8.85. The van der Waals surface area contributed by atoms with Crippen molar-refractivity contribution in [3.8, 4) is 0 Å². The number of anilines is 1. The average Bonchev–Trinajstić information content (AvgIpc) is 3.07. The minimum absolute atomic E-state index is 0. The highest BCUT2D eigenvalue weighted by Crippen LogP contribution is 2.17. The van der Waals surface area contributed by atoms with Crippen LogP contribution in [-0.4, -0.2) is 36.6 Å². The molecule has 1 aromatic rings. The number of aromatic nitrogens is 1. The predicted octanol–water partition coefficient (Wildman–Crippen LogP) is 3.40. The van der Waals surface area contributed by atoms with E-state index in [0.717, 1.165) is 37.0 Å². The lowest BCUT2D eigenvalue weighted by Gasteiger charge is -2.20. The standard InChI is InChI=1S/C18H31N5.HI/c1-5-19-18(22-15(4)14(2)3)21-13-16-8-9-17(20-12-16)23-10-6-7-11-23;/h8-9,12,14-15H,5-7,10-11,13H2,1-4H3,(H2,19,21,22);1H. The fraction of sp³-hybridized carbons (Fsp3) is 0.667. The Balaban J connectivity index is 0.00000288. The second-order valence-corrected chi connectivity index (χ2v) is 6.59. The van der Waals surface area contributed by atoms with Crippen molar-refractivity contribution in [3.05, 3.63) is 23.9 Å². The van der Waals surface area contributed by atoms with Crippen LogP contribution in [0.15, 0.2) is 23.3 Å². The first-order valence-electron chi connectivity index (χ1n) is 8.85. The van der Waals surface area contributed by atoms with Crippen LogP contribution in [0.5, 0.6) is 0 Å². The third kappa shape index (κ3) is 6.45. The van der Waals surface area contributed by atoms with Gasteiger partial charge in [0.15, 0.2) is 5.96 Å². The molecule has 0 aliphatic carbocycles. The first kappa shape index (κ1) is 21.0. The topological polar surface area (TPSA) is 52.6 Å². The van der Waals surface area contributed by atoms with Crippen LogP contribution in [0.1, 0.15) is 46.1 Å². The fourth-order valence-corrected chi connectivity index (χ4v) is 2.52. The molecule has 24 heavy (non-hydrogen) atoms. The summed E-state index contributed by atoms with van der Waals surface area (Å²) >= 11 is 0. The molecule has 2 rings (SSSR count). The van der Waals surface area contributed by atoms with E-state index >= 15 is 0 Å². The zero-order valence-electron chi connectivity index (χ0n) is 15.4. The van der Waals surface area contributed by atoms with E-state index in [1.807, 2.05) is 6.20 Å². The molecule has 0 saturated carbocycles. The molecule has 0 amide bonds. The van der Waals surface area contributed by atoms with Crippen LogP contribution >= 0.6 is 24.0 Å². The van der Waals surface area contributed by atoms with Crippen LogP contribution in [0.4, 0.5) is 5.82 Å². The van der Waals surface area contributed by atoms with Gasteiger partial charge in [0.2, 0.25) is 0 Å². The van der Waals surface area contributed by atoms with E-state index in [0.29, 0.717) is 18.5 Å². The normalized spacial score (nSPS) is 16.0. The zero-order valence-corrected chi connectivity index (χ0v) is 17.7. The van der Waals surface area contributed by atoms with Crippen molar-refractivity contribution in [1.29, 1.82) is 0 Å². The molecule has 2 heterocycles. The van der Waals surface area contributed by atoms with Gasteiger partial charge in [0.25, 0.3) is 0 Å². The van der Waals surface area contributed by atoms with E-state index in [9.17, 15) is 0 Å². The van der Waals surface area contributed by atoms with Gasteiger partial charge in [-0.1, -0.05) is 19.9 Å². The number of rotatable bonds is 6. The van der Waals surface area contributed by atoms with Gasteiger partial charge in [-0.15, -0.1) is 24.0 Å². The van der Waals surface area contributed by atoms with E-state index in [1.54, 1.807) is 0 Å². The summed E-state index contributed by atoms with van der Waals surface area (Å²) in [5, 5.41) is 6.76. The predicted molar refractivity (Wildman–Crippen MR) is 113 cm³/mol. The van der Waals surface area contributed by atoms with Crippen molar-refractivity contribution in [2.24, 2.45) is 10.9 Å².